The van der Waals surface area contributed by atoms with E-state index in [0.717, 1.165) is 0 Å². The Bertz CT molecular complexity index is 1450. The molecule has 0 heterocycles. The number of halogens is 2. The van der Waals surface area contributed by atoms with Crippen LogP contribution in [0.25, 0.3) is 21.5 Å². The van der Waals surface area contributed by atoms with Crippen molar-refractivity contribution in [2.75, 3.05) is 0 Å². The average molecular weight is 757 g/mol. The molecule has 1 atom stereocenters. The van der Waals surface area contributed by atoms with E-state index >= 15 is 0 Å². The van der Waals surface area contributed by atoms with Gasteiger partial charge in [0.25, 0.3) is 0 Å². The van der Waals surface area contributed by atoms with Crippen LogP contribution in [0, 0.1) is 17.4 Å². The molecule has 3 heteroatoms. The van der Waals surface area contributed by atoms with Gasteiger partial charge in [0.1, 0.15) is 0 Å². The zero-order valence-electron chi connectivity index (χ0n) is 33.3. The van der Waals surface area contributed by atoms with E-state index in [4.69, 9.17) is 0 Å². The van der Waals surface area contributed by atoms with Crippen LogP contribution < -0.4 is 24.8 Å². The van der Waals surface area contributed by atoms with Crippen molar-refractivity contribution < 1.29 is 49.0 Å². The largest absolute Gasteiger partial charge is 1.00 e. The predicted molar refractivity (Wildman–Crippen MR) is 202 cm³/mol. The molecule has 0 radical (unpaired) electrons. The van der Waals surface area contributed by atoms with Crippen LogP contribution in [-0.2, 0) is 45.9 Å². The molecule has 1 aliphatic rings. The summed E-state index contributed by atoms with van der Waals surface area (Å²) in [7, 11) is 0. The summed E-state index contributed by atoms with van der Waals surface area (Å²) in [4.78, 5) is 0. The fraction of sp³-hybridized carbons (Fsp3) is 0.591. The van der Waals surface area contributed by atoms with Crippen LogP contribution in [0.1, 0.15) is 160 Å². The van der Waals surface area contributed by atoms with E-state index in [1.807, 2.05) is 0 Å². The summed E-state index contributed by atoms with van der Waals surface area (Å²) in [5, 5.41) is 5.57. The Labute approximate surface area is 318 Å². The van der Waals surface area contributed by atoms with Crippen LogP contribution >= 0.6 is 0 Å². The smallest absolute Gasteiger partial charge is 1.00 e. The topological polar surface area (TPSA) is 0 Å². The summed E-state index contributed by atoms with van der Waals surface area (Å²) >= 11 is 1.55. The van der Waals surface area contributed by atoms with Crippen molar-refractivity contribution in [1.82, 2.24) is 0 Å². The summed E-state index contributed by atoms with van der Waals surface area (Å²) in [6, 6.07) is 12.3. The molecule has 0 bridgehead atoms. The second-order valence-corrected chi connectivity index (χ2v) is 21.2. The quantitative estimate of drug-likeness (QED) is 0.239. The minimum atomic E-state index is 0. The minimum absolute atomic E-state index is 0. The molecule has 1 unspecified atom stereocenters. The number of fused-ring (bicyclic) bond motifs is 3. The van der Waals surface area contributed by atoms with Crippen molar-refractivity contribution in [3.8, 4) is 0 Å². The first-order valence-corrected chi connectivity index (χ1v) is 18.5. The summed E-state index contributed by atoms with van der Waals surface area (Å²) in [5.41, 5.74) is 8.15. The maximum Gasteiger partial charge on any atom is -1.00 e. The van der Waals surface area contributed by atoms with Crippen molar-refractivity contribution in [3.63, 3.8) is 0 Å². The van der Waals surface area contributed by atoms with Gasteiger partial charge in [-0.25, -0.2) is 6.08 Å². The van der Waals surface area contributed by atoms with E-state index in [-0.39, 0.29) is 46.5 Å². The standard InChI is InChI=1S/C29H41.C12H19.C3H6.2ClH.Zr/c1-26(2,3)22-14-18-13-19-15-23(27(4,5)6)25(29(10,11)12)17-21(19)20(18)16-24(22)28(7,8)9;1-5-6-10-7-8-11(9-10)12(2,3)4;1-3-2;;;/h13-17H,1-12H3;8-10H,5-6H2,1-4H3;1-2H3;2*1H;/q2*-1;;;;+2/p-2. The van der Waals surface area contributed by atoms with Crippen molar-refractivity contribution in [3.05, 3.63) is 76.4 Å². The molecule has 1 aliphatic carbocycles. The maximum atomic E-state index is 3.40. The third-order valence-corrected chi connectivity index (χ3v) is 8.51. The van der Waals surface area contributed by atoms with Gasteiger partial charge in [-0.15, -0.1) is 39.7 Å². The number of allylic oxidation sites excluding steroid dienone is 4. The molecule has 0 aromatic heterocycles. The van der Waals surface area contributed by atoms with Gasteiger partial charge in [-0.05, 0) is 21.7 Å². The van der Waals surface area contributed by atoms with Gasteiger partial charge >= 0.3 is 41.3 Å². The molecule has 0 saturated heterocycles. The molecule has 3 aromatic rings. The Morgan fingerprint density at radius 1 is 0.617 bits per heavy atom. The second kappa shape index (κ2) is 16.9. The van der Waals surface area contributed by atoms with Gasteiger partial charge in [-0.1, -0.05) is 169 Å². The van der Waals surface area contributed by atoms with Gasteiger partial charge in [-0.2, -0.15) is 11.6 Å². The van der Waals surface area contributed by atoms with Crippen molar-refractivity contribution >= 4 is 24.8 Å². The van der Waals surface area contributed by atoms with E-state index in [0.29, 0.717) is 11.3 Å². The summed E-state index contributed by atoms with van der Waals surface area (Å²) in [6.45, 7) is 41.3. The zero-order chi connectivity index (χ0) is 34.9. The Morgan fingerprint density at radius 2 is 0.936 bits per heavy atom. The van der Waals surface area contributed by atoms with Crippen molar-refractivity contribution in [1.29, 1.82) is 0 Å². The van der Waals surface area contributed by atoms with E-state index < -0.39 is 0 Å². The van der Waals surface area contributed by atoms with Gasteiger partial charge < -0.3 is 24.8 Å². The molecule has 0 amide bonds. The Hall–Kier alpha value is -0.877. The summed E-state index contributed by atoms with van der Waals surface area (Å²) in [6.07, 6.45) is 10.4. The second-order valence-electron chi connectivity index (χ2n) is 18.7. The molecular formula is C44H66Cl2Zr-2. The Morgan fingerprint density at radius 3 is 1.19 bits per heavy atom. The van der Waals surface area contributed by atoms with E-state index in [2.05, 4.69) is 173 Å². The third kappa shape index (κ3) is 12.8. The number of rotatable bonds is 2. The van der Waals surface area contributed by atoms with Gasteiger partial charge in [0.2, 0.25) is 0 Å². The predicted octanol–water partition coefficient (Wildman–Crippen LogP) is 7.40. The average Bonchev–Trinajstić information content (AvgIpc) is 3.44. The van der Waals surface area contributed by atoms with Gasteiger partial charge in [0.05, 0.1) is 0 Å². The van der Waals surface area contributed by atoms with Crippen LogP contribution in [0.4, 0.5) is 0 Å². The van der Waals surface area contributed by atoms with Crippen molar-refractivity contribution in [2.45, 2.75) is 159 Å². The first-order chi connectivity index (χ1) is 20.2. The molecule has 0 spiro atoms. The van der Waals surface area contributed by atoms with Crippen LogP contribution in [0.2, 0.25) is 0 Å². The number of hydrogen-bond acceptors (Lipinski definition) is 0. The molecule has 47 heavy (non-hydrogen) atoms. The molecular weight excluding hydrogens is 691 g/mol. The van der Waals surface area contributed by atoms with Crippen LogP contribution in [0.3, 0.4) is 0 Å². The third-order valence-electron chi connectivity index (χ3n) is 8.51. The first-order valence-electron chi connectivity index (χ1n) is 17.2. The van der Waals surface area contributed by atoms with E-state index in [1.54, 1.807) is 24.2 Å². The van der Waals surface area contributed by atoms with E-state index in [9.17, 15) is 0 Å². The fourth-order valence-electron chi connectivity index (χ4n) is 6.04. The van der Waals surface area contributed by atoms with Gasteiger partial charge in [-0.3, -0.25) is 6.08 Å². The number of hydrogen-bond donors (Lipinski definition) is 0. The SMILES string of the molecule is CC(C)(C)c1cc2[cH-]c3cc(C(C)(C)C)c(C(C)(C)C)cc3c2cc1C(C)(C)C.CCCC1[C-]=CC(C(C)(C)C)=C1.C[C](C)=[Zr+2].[Cl-].[Cl-]. The molecule has 0 aliphatic heterocycles. The van der Waals surface area contributed by atoms with Gasteiger partial charge in [0, 0.05) is 0 Å². The summed E-state index contributed by atoms with van der Waals surface area (Å²) < 4.78 is 1.51. The zero-order valence-corrected chi connectivity index (χ0v) is 37.3. The first kappa shape index (κ1) is 46.1. The summed E-state index contributed by atoms with van der Waals surface area (Å²) in [5.74, 6) is 0.587. The van der Waals surface area contributed by atoms with Gasteiger partial charge in [0.15, 0.2) is 0 Å². The molecule has 0 fully saturated rings. The molecule has 262 valence electrons. The molecule has 4 rings (SSSR count). The van der Waals surface area contributed by atoms with Crippen LogP contribution in [0.15, 0.2) is 48.1 Å². The molecule has 3 aromatic carbocycles. The maximum absolute atomic E-state index is 3.40. The normalized spacial score (nSPS) is 15.2. The molecule has 0 N–H and O–H groups in total. The number of benzene rings is 2. The van der Waals surface area contributed by atoms with Crippen molar-refractivity contribution in [2.24, 2.45) is 11.3 Å². The Kier molecular flexibility index (Phi) is 16.6. The minimum Gasteiger partial charge on any atom is -1.00 e. The fourth-order valence-corrected chi connectivity index (χ4v) is 6.04. The van der Waals surface area contributed by atoms with E-state index in [1.165, 1.54) is 65.4 Å². The molecule has 0 saturated carbocycles. The Balaban J connectivity index is 0.000000982. The van der Waals surface area contributed by atoms with Crippen LogP contribution in [0.5, 0.6) is 0 Å². The monoisotopic (exact) mass is 754 g/mol. The van der Waals surface area contributed by atoms with Crippen LogP contribution in [-0.4, -0.2) is 3.21 Å². The molecule has 0 nitrogen and oxygen atoms in total.